The van der Waals surface area contributed by atoms with Crippen LogP contribution in [-0.4, -0.2) is 45.4 Å². The summed E-state index contributed by atoms with van der Waals surface area (Å²) in [6, 6.07) is 4.51. The van der Waals surface area contributed by atoms with Crippen molar-refractivity contribution >= 4 is 27.5 Å². The van der Waals surface area contributed by atoms with Crippen molar-refractivity contribution < 1.29 is 17.9 Å². The van der Waals surface area contributed by atoms with Crippen LogP contribution >= 0.6 is 11.6 Å². The number of hydrogen-bond acceptors (Lipinski definition) is 4. The zero-order valence-corrected chi connectivity index (χ0v) is 14.8. The molecule has 1 N–H and O–H groups in total. The molecule has 0 bridgehead atoms. The fraction of sp³-hybridized carbons (Fsp3) is 0.533. The monoisotopic (exact) mass is 360 g/mol. The first kappa shape index (κ1) is 18.0. The van der Waals surface area contributed by atoms with Crippen LogP contribution in [0.1, 0.15) is 25.7 Å². The number of halogens is 1. The van der Waals surface area contributed by atoms with Crippen LogP contribution in [0.3, 0.4) is 0 Å². The van der Waals surface area contributed by atoms with Crippen molar-refractivity contribution in [3.8, 4) is 5.75 Å². The minimum atomic E-state index is -3.87. The van der Waals surface area contributed by atoms with E-state index >= 15 is 0 Å². The molecule has 23 heavy (non-hydrogen) atoms. The van der Waals surface area contributed by atoms with Gasteiger partial charge in [-0.15, -0.1) is 0 Å². The number of carbonyl (C=O) groups is 1. The number of methoxy groups -OCH3 is 1. The first-order valence-corrected chi connectivity index (χ1v) is 9.25. The Kier molecular flexibility index (Phi) is 5.89. The minimum Gasteiger partial charge on any atom is -0.495 e. The Morgan fingerprint density at radius 3 is 2.65 bits per heavy atom. The summed E-state index contributed by atoms with van der Waals surface area (Å²) in [5.74, 6) is -0.110. The summed E-state index contributed by atoms with van der Waals surface area (Å²) in [6.45, 7) is -0.242. The summed E-state index contributed by atoms with van der Waals surface area (Å²) in [5.41, 5.74) is 0. The van der Waals surface area contributed by atoms with Crippen LogP contribution in [-0.2, 0) is 14.8 Å². The summed E-state index contributed by atoms with van der Waals surface area (Å²) >= 11 is 5.89. The third-order valence-corrected chi connectivity index (χ3v) is 5.96. The normalized spacial score (nSPS) is 15.8. The molecule has 0 saturated heterocycles. The van der Waals surface area contributed by atoms with Gasteiger partial charge in [-0.3, -0.25) is 4.79 Å². The number of amides is 1. The number of rotatable bonds is 6. The second-order valence-corrected chi connectivity index (χ2v) is 8.05. The van der Waals surface area contributed by atoms with Gasteiger partial charge in [-0.05, 0) is 31.0 Å². The summed E-state index contributed by atoms with van der Waals surface area (Å²) in [5, 5.41) is 3.16. The Morgan fingerprint density at radius 2 is 2.04 bits per heavy atom. The van der Waals surface area contributed by atoms with Crippen molar-refractivity contribution in [3.63, 3.8) is 0 Å². The zero-order chi connectivity index (χ0) is 17.0. The second kappa shape index (κ2) is 7.51. The van der Waals surface area contributed by atoms with E-state index in [9.17, 15) is 13.2 Å². The Labute approximate surface area is 141 Å². The van der Waals surface area contributed by atoms with Gasteiger partial charge in [0, 0.05) is 18.1 Å². The molecule has 0 radical (unpaired) electrons. The first-order valence-electron chi connectivity index (χ1n) is 7.44. The van der Waals surface area contributed by atoms with Gasteiger partial charge < -0.3 is 10.1 Å². The highest BCUT2D eigenvalue weighted by Gasteiger charge is 2.27. The standard InChI is InChI=1S/C15H21ClN2O4S/c1-18(10-15(19)17-12-5-3-4-6-12)23(20,21)14-9-11(16)7-8-13(14)22-2/h7-9,12H,3-6,10H2,1-2H3,(H,17,19). The van der Waals surface area contributed by atoms with Gasteiger partial charge in [-0.25, -0.2) is 8.42 Å². The van der Waals surface area contributed by atoms with E-state index in [1.807, 2.05) is 0 Å². The Balaban J connectivity index is 2.12. The number of hydrogen-bond donors (Lipinski definition) is 1. The predicted molar refractivity (Wildman–Crippen MR) is 88.2 cm³/mol. The van der Waals surface area contributed by atoms with Crippen molar-refractivity contribution in [1.29, 1.82) is 0 Å². The fourth-order valence-electron chi connectivity index (χ4n) is 2.65. The molecule has 1 aliphatic carbocycles. The van der Waals surface area contributed by atoms with Crippen LogP contribution in [0, 0.1) is 0 Å². The Hall–Kier alpha value is -1.31. The highest BCUT2D eigenvalue weighted by molar-refractivity contribution is 7.89. The molecule has 0 spiro atoms. The molecule has 0 unspecified atom stereocenters. The molecule has 0 aliphatic heterocycles. The van der Waals surface area contributed by atoms with E-state index in [2.05, 4.69) is 5.32 Å². The molecule has 0 aromatic heterocycles. The summed E-state index contributed by atoms with van der Waals surface area (Å²) in [4.78, 5) is 12.0. The number of benzene rings is 1. The topological polar surface area (TPSA) is 75.7 Å². The maximum Gasteiger partial charge on any atom is 0.247 e. The molecular formula is C15H21ClN2O4S. The van der Waals surface area contributed by atoms with E-state index in [-0.39, 0.29) is 34.2 Å². The lowest BCUT2D eigenvalue weighted by atomic mass is 10.2. The van der Waals surface area contributed by atoms with Crippen LogP contribution in [0.25, 0.3) is 0 Å². The largest absolute Gasteiger partial charge is 0.495 e. The maximum atomic E-state index is 12.6. The van der Waals surface area contributed by atoms with E-state index in [0.717, 1.165) is 30.0 Å². The molecule has 128 valence electrons. The summed E-state index contributed by atoms with van der Waals surface area (Å²) in [7, 11) is -1.12. The molecule has 2 rings (SSSR count). The molecule has 1 saturated carbocycles. The highest BCUT2D eigenvalue weighted by Crippen LogP contribution is 2.29. The molecule has 0 atom stereocenters. The van der Waals surface area contributed by atoms with Gasteiger partial charge in [0.05, 0.1) is 13.7 Å². The van der Waals surface area contributed by atoms with Crippen LogP contribution in [0.15, 0.2) is 23.1 Å². The van der Waals surface area contributed by atoms with Gasteiger partial charge in [0.25, 0.3) is 0 Å². The molecule has 1 aromatic rings. The van der Waals surface area contributed by atoms with Crippen molar-refractivity contribution in [1.82, 2.24) is 9.62 Å². The number of nitrogens with one attached hydrogen (secondary N) is 1. The molecule has 8 heteroatoms. The lowest BCUT2D eigenvalue weighted by Crippen LogP contribution is -2.41. The van der Waals surface area contributed by atoms with Gasteiger partial charge in [0.2, 0.25) is 15.9 Å². The molecule has 6 nitrogen and oxygen atoms in total. The highest BCUT2D eigenvalue weighted by atomic mass is 35.5. The zero-order valence-electron chi connectivity index (χ0n) is 13.2. The van der Waals surface area contributed by atoms with E-state index in [4.69, 9.17) is 16.3 Å². The van der Waals surface area contributed by atoms with E-state index in [1.54, 1.807) is 6.07 Å². The number of likely N-dealkylation sites (N-methyl/N-ethyl adjacent to an activating group) is 1. The number of carbonyl (C=O) groups excluding carboxylic acids is 1. The van der Waals surface area contributed by atoms with Crippen molar-refractivity contribution in [3.05, 3.63) is 23.2 Å². The number of sulfonamides is 1. The Morgan fingerprint density at radius 1 is 1.39 bits per heavy atom. The van der Waals surface area contributed by atoms with Crippen molar-refractivity contribution in [2.24, 2.45) is 0 Å². The van der Waals surface area contributed by atoms with Crippen molar-refractivity contribution in [2.45, 2.75) is 36.6 Å². The Bertz CT molecular complexity index is 672. The van der Waals surface area contributed by atoms with Crippen LogP contribution in [0.2, 0.25) is 5.02 Å². The smallest absolute Gasteiger partial charge is 0.247 e. The third kappa shape index (κ3) is 4.37. The van der Waals surface area contributed by atoms with Crippen molar-refractivity contribution in [2.75, 3.05) is 20.7 Å². The average Bonchev–Trinajstić information content (AvgIpc) is 2.99. The quantitative estimate of drug-likeness (QED) is 0.842. The van der Waals surface area contributed by atoms with E-state index in [0.29, 0.717) is 0 Å². The lowest BCUT2D eigenvalue weighted by Gasteiger charge is -2.20. The van der Waals surface area contributed by atoms with Gasteiger partial charge in [0.15, 0.2) is 0 Å². The van der Waals surface area contributed by atoms with Gasteiger partial charge in [0.1, 0.15) is 10.6 Å². The van der Waals surface area contributed by atoms with Crippen LogP contribution < -0.4 is 10.1 Å². The molecule has 0 heterocycles. The van der Waals surface area contributed by atoms with Gasteiger partial charge in [-0.2, -0.15) is 4.31 Å². The summed E-state index contributed by atoms with van der Waals surface area (Å²) in [6.07, 6.45) is 4.09. The minimum absolute atomic E-state index is 0.0522. The van der Waals surface area contributed by atoms with Gasteiger partial charge >= 0.3 is 0 Å². The number of ether oxygens (including phenoxy) is 1. The summed E-state index contributed by atoms with van der Waals surface area (Å²) < 4.78 is 31.4. The predicted octanol–water partition coefficient (Wildman–Crippen LogP) is 2.03. The van der Waals surface area contributed by atoms with E-state index in [1.165, 1.54) is 26.3 Å². The molecular weight excluding hydrogens is 340 g/mol. The van der Waals surface area contributed by atoms with E-state index < -0.39 is 10.0 Å². The molecule has 1 aromatic carbocycles. The second-order valence-electron chi connectivity index (χ2n) is 5.61. The van der Waals surface area contributed by atoms with Crippen LogP contribution in [0.5, 0.6) is 5.75 Å². The maximum absolute atomic E-state index is 12.6. The van der Waals surface area contributed by atoms with Crippen LogP contribution in [0.4, 0.5) is 0 Å². The lowest BCUT2D eigenvalue weighted by molar-refractivity contribution is -0.121. The fourth-order valence-corrected chi connectivity index (χ4v) is 4.19. The SMILES string of the molecule is COc1ccc(Cl)cc1S(=O)(=O)N(C)CC(=O)NC1CCCC1. The first-order chi connectivity index (χ1) is 10.8. The number of nitrogens with zero attached hydrogens (tertiary/aromatic N) is 1. The van der Waals surface area contributed by atoms with Gasteiger partial charge in [-0.1, -0.05) is 24.4 Å². The molecule has 1 fully saturated rings. The average molecular weight is 361 g/mol. The molecule has 1 aliphatic rings. The molecule has 1 amide bonds. The third-order valence-electron chi connectivity index (χ3n) is 3.90.